The molecule has 1 aromatic heterocycles. The lowest BCUT2D eigenvalue weighted by atomic mass is 10.2. The lowest BCUT2D eigenvalue weighted by molar-refractivity contribution is 0.982. The molecule has 0 radical (unpaired) electrons. The minimum atomic E-state index is 0.254. The average Bonchev–Trinajstić information content (AvgIpc) is 2.79. The zero-order chi connectivity index (χ0) is 14.3. The second kappa shape index (κ2) is 5.45. The largest absolute Gasteiger partial charge is 0.292 e. The number of benzene rings is 2. The second-order valence-corrected chi connectivity index (χ2v) is 5.72. The first-order valence-electron chi connectivity index (χ1n) is 5.79. The van der Waals surface area contributed by atoms with E-state index in [1.54, 1.807) is 12.1 Å². The molecule has 0 aliphatic heterocycles. The topological polar surface area (TPSA) is 17.8 Å². The highest BCUT2D eigenvalue weighted by molar-refractivity contribution is 6.36. The van der Waals surface area contributed by atoms with Gasteiger partial charge in [0.05, 0.1) is 32.6 Å². The first-order valence-corrected chi connectivity index (χ1v) is 7.46. The molecule has 0 fully saturated rings. The molecule has 0 aliphatic carbocycles. The summed E-state index contributed by atoms with van der Waals surface area (Å²) in [6.07, 6.45) is 0. The maximum absolute atomic E-state index is 6.29. The number of hydrogen-bond donors (Lipinski definition) is 0. The van der Waals surface area contributed by atoms with Gasteiger partial charge in [-0.05, 0) is 30.3 Å². The molecule has 0 atom stereocenters. The van der Waals surface area contributed by atoms with E-state index in [2.05, 4.69) is 4.98 Å². The van der Waals surface area contributed by atoms with Crippen molar-refractivity contribution in [3.05, 3.63) is 57.3 Å². The minimum Gasteiger partial charge on any atom is -0.292 e. The van der Waals surface area contributed by atoms with Gasteiger partial charge in [0.1, 0.15) is 5.82 Å². The van der Waals surface area contributed by atoms with Crippen LogP contribution in [0.4, 0.5) is 0 Å². The van der Waals surface area contributed by atoms with Crippen molar-refractivity contribution in [1.29, 1.82) is 0 Å². The first-order chi connectivity index (χ1) is 9.61. The monoisotopic (exact) mass is 344 g/mol. The van der Waals surface area contributed by atoms with Crippen LogP contribution in [-0.2, 0) is 5.88 Å². The summed E-state index contributed by atoms with van der Waals surface area (Å²) in [5.41, 5.74) is 2.32. The van der Waals surface area contributed by atoms with Gasteiger partial charge in [-0.3, -0.25) is 4.57 Å². The zero-order valence-electron chi connectivity index (χ0n) is 10.1. The summed E-state index contributed by atoms with van der Waals surface area (Å²) in [7, 11) is 0. The molecule has 6 heteroatoms. The van der Waals surface area contributed by atoms with Crippen molar-refractivity contribution in [3.63, 3.8) is 0 Å². The van der Waals surface area contributed by atoms with E-state index in [1.807, 2.05) is 28.8 Å². The average molecular weight is 346 g/mol. The van der Waals surface area contributed by atoms with E-state index >= 15 is 0 Å². The summed E-state index contributed by atoms with van der Waals surface area (Å²) >= 11 is 24.5. The Morgan fingerprint density at radius 2 is 1.80 bits per heavy atom. The molecule has 0 spiro atoms. The normalized spacial score (nSPS) is 11.2. The van der Waals surface area contributed by atoms with Crippen LogP contribution in [0.25, 0.3) is 16.7 Å². The molecule has 0 unspecified atom stereocenters. The van der Waals surface area contributed by atoms with Crippen LogP contribution in [0.15, 0.2) is 36.4 Å². The van der Waals surface area contributed by atoms with E-state index in [0.29, 0.717) is 20.9 Å². The second-order valence-electron chi connectivity index (χ2n) is 4.20. The SMILES string of the molecule is ClCc1nc2cccc(Cl)c2n1-c1ccc(Cl)cc1Cl. The number of imidazole rings is 1. The third kappa shape index (κ3) is 2.27. The zero-order valence-corrected chi connectivity index (χ0v) is 13.1. The van der Waals surface area contributed by atoms with Crippen molar-refractivity contribution >= 4 is 57.4 Å². The van der Waals surface area contributed by atoms with Crippen LogP contribution in [0.2, 0.25) is 15.1 Å². The van der Waals surface area contributed by atoms with Gasteiger partial charge in [-0.1, -0.05) is 40.9 Å². The Morgan fingerprint density at radius 1 is 1.00 bits per heavy atom. The maximum atomic E-state index is 6.29. The molecule has 0 bridgehead atoms. The van der Waals surface area contributed by atoms with Crippen molar-refractivity contribution in [2.45, 2.75) is 5.88 Å². The predicted molar refractivity (Wildman–Crippen MR) is 85.7 cm³/mol. The number of fused-ring (bicyclic) bond motifs is 1. The number of rotatable bonds is 2. The van der Waals surface area contributed by atoms with E-state index in [1.165, 1.54) is 0 Å². The van der Waals surface area contributed by atoms with Gasteiger partial charge in [0.15, 0.2) is 0 Å². The molecule has 0 aliphatic rings. The molecule has 102 valence electrons. The molecule has 3 rings (SSSR count). The van der Waals surface area contributed by atoms with Gasteiger partial charge in [0, 0.05) is 5.02 Å². The van der Waals surface area contributed by atoms with Gasteiger partial charge >= 0.3 is 0 Å². The van der Waals surface area contributed by atoms with Gasteiger partial charge in [-0.2, -0.15) is 0 Å². The number of nitrogens with zero attached hydrogens (tertiary/aromatic N) is 2. The highest BCUT2D eigenvalue weighted by atomic mass is 35.5. The van der Waals surface area contributed by atoms with Gasteiger partial charge in [0.25, 0.3) is 0 Å². The van der Waals surface area contributed by atoms with Crippen molar-refractivity contribution in [1.82, 2.24) is 9.55 Å². The fourth-order valence-corrected chi connectivity index (χ4v) is 3.07. The molecule has 0 N–H and O–H groups in total. The standard InChI is InChI=1S/C14H8Cl4N2/c15-7-13-19-11-3-1-2-9(17)14(11)20(13)12-5-4-8(16)6-10(12)18/h1-6H,7H2. The Kier molecular flexibility index (Phi) is 3.83. The third-order valence-electron chi connectivity index (χ3n) is 2.97. The lowest BCUT2D eigenvalue weighted by Gasteiger charge is -2.11. The van der Waals surface area contributed by atoms with Crippen LogP contribution in [0, 0.1) is 0 Å². The van der Waals surface area contributed by atoms with Crippen molar-refractivity contribution in [2.24, 2.45) is 0 Å². The Hall–Kier alpha value is -0.930. The number of aromatic nitrogens is 2. The summed E-state index contributed by atoms with van der Waals surface area (Å²) < 4.78 is 1.86. The number of halogens is 4. The van der Waals surface area contributed by atoms with E-state index in [0.717, 1.165) is 16.7 Å². The molecule has 0 saturated carbocycles. The molecule has 0 saturated heterocycles. The van der Waals surface area contributed by atoms with Crippen molar-refractivity contribution < 1.29 is 0 Å². The Balaban J connectivity index is 2.39. The third-order valence-corrected chi connectivity index (χ3v) is 4.05. The molecule has 1 heterocycles. The summed E-state index contributed by atoms with van der Waals surface area (Å²) in [4.78, 5) is 4.49. The number of hydrogen-bond acceptors (Lipinski definition) is 1. The molecule has 3 aromatic rings. The van der Waals surface area contributed by atoms with Crippen LogP contribution in [0.1, 0.15) is 5.82 Å². The molecule has 2 nitrogen and oxygen atoms in total. The van der Waals surface area contributed by atoms with Crippen LogP contribution >= 0.6 is 46.4 Å². The fourth-order valence-electron chi connectivity index (χ4n) is 2.15. The Bertz CT molecular complexity index is 795. The fraction of sp³-hybridized carbons (Fsp3) is 0.0714. The van der Waals surface area contributed by atoms with Crippen molar-refractivity contribution in [3.8, 4) is 5.69 Å². The highest BCUT2D eigenvalue weighted by Gasteiger charge is 2.16. The predicted octanol–water partition coefficient (Wildman–Crippen LogP) is 5.72. The Morgan fingerprint density at radius 3 is 2.50 bits per heavy atom. The van der Waals surface area contributed by atoms with Gasteiger partial charge < -0.3 is 0 Å². The first kappa shape index (κ1) is 14.0. The number of alkyl halides is 1. The van der Waals surface area contributed by atoms with Gasteiger partial charge in [0.2, 0.25) is 0 Å². The van der Waals surface area contributed by atoms with Crippen LogP contribution in [-0.4, -0.2) is 9.55 Å². The smallest absolute Gasteiger partial charge is 0.129 e. The molecular formula is C14H8Cl4N2. The number of para-hydroxylation sites is 1. The quantitative estimate of drug-likeness (QED) is 0.543. The molecule has 2 aromatic carbocycles. The van der Waals surface area contributed by atoms with Crippen LogP contribution < -0.4 is 0 Å². The summed E-state index contributed by atoms with van der Waals surface area (Å²) in [6.45, 7) is 0. The summed E-state index contributed by atoms with van der Waals surface area (Å²) in [5, 5.41) is 1.68. The van der Waals surface area contributed by atoms with Gasteiger partial charge in [-0.15, -0.1) is 11.6 Å². The lowest BCUT2D eigenvalue weighted by Crippen LogP contribution is -2.00. The maximum Gasteiger partial charge on any atom is 0.129 e. The van der Waals surface area contributed by atoms with E-state index in [9.17, 15) is 0 Å². The van der Waals surface area contributed by atoms with Gasteiger partial charge in [-0.25, -0.2) is 4.98 Å². The summed E-state index contributed by atoms with van der Waals surface area (Å²) in [5.74, 6) is 0.934. The van der Waals surface area contributed by atoms with Crippen LogP contribution in [0.5, 0.6) is 0 Å². The minimum absolute atomic E-state index is 0.254. The van der Waals surface area contributed by atoms with E-state index in [-0.39, 0.29) is 5.88 Å². The van der Waals surface area contributed by atoms with Crippen molar-refractivity contribution in [2.75, 3.05) is 0 Å². The Labute approximate surface area is 135 Å². The highest BCUT2D eigenvalue weighted by Crippen LogP contribution is 2.32. The summed E-state index contributed by atoms with van der Waals surface area (Å²) in [6, 6.07) is 10.8. The molecular weight excluding hydrogens is 338 g/mol. The van der Waals surface area contributed by atoms with Crippen LogP contribution in [0.3, 0.4) is 0 Å². The van der Waals surface area contributed by atoms with E-state index in [4.69, 9.17) is 46.4 Å². The van der Waals surface area contributed by atoms with E-state index < -0.39 is 0 Å². The molecule has 0 amide bonds. The molecule has 20 heavy (non-hydrogen) atoms.